The molecule has 4 nitrogen and oxygen atoms in total. The summed E-state index contributed by atoms with van der Waals surface area (Å²) in [6.07, 6.45) is 4.09. The smallest absolute Gasteiger partial charge is 0.233 e. The van der Waals surface area contributed by atoms with Crippen molar-refractivity contribution in [1.29, 1.82) is 0 Å². The number of halogens is 1. The third-order valence-corrected chi connectivity index (χ3v) is 8.54. The highest BCUT2D eigenvalue weighted by Gasteiger charge is 2.45. The lowest BCUT2D eigenvalue weighted by atomic mass is 9.77. The fraction of sp³-hybridized carbons (Fsp3) is 0.440. The van der Waals surface area contributed by atoms with E-state index in [9.17, 15) is 4.79 Å². The van der Waals surface area contributed by atoms with E-state index in [1.807, 2.05) is 24.3 Å². The van der Waals surface area contributed by atoms with Gasteiger partial charge in [-0.25, -0.2) is 4.98 Å². The molecule has 0 atom stereocenters. The van der Waals surface area contributed by atoms with Crippen molar-refractivity contribution in [3.05, 3.63) is 58.1 Å². The molecule has 31 heavy (non-hydrogen) atoms. The van der Waals surface area contributed by atoms with Gasteiger partial charge in [0.2, 0.25) is 5.91 Å². The van der Waals surface area contributed by atoms with Crippen LogP contribution in [-0.2, 0) is 10.2 Å². The summed E-state index contributed by atoms with van der Waals surface area (Å²) in [6.45, 7) is 7.45. The van der Waals surface area contributed by atoms with E-state index in [1.165, 1.54) is 15.8 Å². The summed E-state index contributed by atoms with van der Waals surface area (Å²) < 4.78 is 1.28. The van der Waals surface area contributed by atoms with Crippen LogP contribution in [0.5, 0.6) is 0 Å². The topological polar surface area (TPSA) is 36.4 Å². The van der Waals surface area contributed by atoms with Gasteiger partial charge in [-0.15, -0.1) is 0 Å². The molecule has 2 aliphatic rings. The van der Waals surface area contributed by atoms with Gasteiger partial charge in [-0.1, -0.05) is 60.0 Å². The molecule has 3 aromatic rings. The molecule has 1 amide bonds. The number of anilines is 1. The standard InChI is InChI=1S/C25H28ClN3OS/c1-17-5-6-18(2)22-21(17)27-24(31-22)29-15-13-28(14-16-29)23(30)25(11-3-4-12-25)19-7-9-20(26)10-8-19/h5-10H,3-4,11-16H2,1-2H3. The zero-order chi connectivity index (χ0) is 21.6. The summed E-state index contributed by atoms with van der Waals surface area (Å²) in [4.78, 5) is 23.1. The maximum absolute atomic E-state index is 13.7. The minimum atomic E-state index is -0.378. The number of benzene rings is 2. The maximum Gasteiger partial charge on any atom is 0.233 e. The number of hydrogen-bond acceptors (Lipinski definition) is 4. The molecule has 1 saturated carbocycles. The lowest BCUT2D eigenvalue weighted by molar-refractivity contribution is -0.137. The molecule has 1 aliphatic heterocycles. The van der Waals surface area contributed by atoms with Gasteiger partial charge in [-0.05, 0) is 55.5 Å². The summed E-state index contributed by atoms with van der Waals surface area (Å²) in [7, 11) is 0. The molecule has 2 fully saturated rings. The zero-order valence-corrected chi connectivity index (χ0v) is 19.7. The van der Waals surface area contributed by atoms with Gasteiger partial charge in [0.05, 0.1) is 15.6 Å². The summed E-state index contributed by atoms with van der Waals surface area (Å²) in [5.74, 6) is 0.294. The van der Waals surface area contributed by atoms with Gasteiger partial charge < -0.3 is 9.80 Å². The highest BCUT2D eigenvalue weighted by Crippen LogP contribution is 2.43. The van der Waals surface area contributed by atoms with Gasteiger partial charge >= 0.3 is 0 Å². The molecule has 2 aromatic carbocycles. The summed E-state index contributed by atoms with van der Waals surface area (Å²) >= 11 is 7.89. The van der Waals surface area contributed by atoms with Crippen LogP contribution in [0.4, 0.5) is 5.13 Å². The highest BCUT2D eigenvalue weighted by atomic mass is 35.5. The Labute approximate surface area is 192 Å². The largest absolute Gasteiger partial charge is 0.345 e. The van der Waals surface area contributed by atoms with E-state index in [0.717, 1.165) is 73.1 Å². The lowest BCUT2D eigenvalue weighted by Gasteiger charge is -2.40. The Morgan fingerprint density at radius 3 is 2.26 bits per heavy atom. The second kappa shape index (κ2) is 8.10. The number of aromatic nitrogens is 1. The second-order valence-corrected chi connectivity index (χ2v) is 10.4. The van der Waals surface area contributed by atoms with Gasteiger partial charge in [0.1, 0.15) is 0 Å². The zero-order valence-electron chi connectivity index (χ0n) is 18.2. The third-order valence-electron chi connectivity index (χ3n) is 7.03. The number of carbonyl (C=O) groups excluding carboxylic acids is 1. The first-order valence-corrected chi connectivity index (χ1v) is 12.3. The number of hydrogen-bond donors (Lipinski definition) is 0. The quantitative estimate of drug-likeness (QED) is 0.508. The molecule has 1 aliphatic carbocycles. The number of carbonyl (C=O) groups is 1. The molecule has 2 heterocycles. The normalized spacial score (nSPS) is 18.7. The van der Waals surface area contributed by atoms with Crippen LogP contribution in [0.1, 0.15) is 42.4 Å². The Bertz CT molecular complexity index is 1070. The number of rotatable bonds is 3. The number of fused-ring (bicyclic) bond motifs is 1. The lowest BCUT2D eigenvalue weighted by Crippen LogP contribution is -2.54. The van der Waals surface area contributed by atoms with Crippen molar-refractivity contribution >= 4 is 44.2 Å². The van der Waals surface area contributed by atoms with Crippen molar-refractivity contribution in [2.24, 2.45) is 0 Å². The number of thiazole rings is 1. The summed E-state index contributed by atoms with van der Waals surface area (Å²) in [6, 6.07) is 12.3. The molecule has 162 valence electrons. The number of piperazine rings is 1. The van der Waals surface area contributed by atoms with Crippen molar-refractivity contribution in [3.8, 4) is 0 Å². The fourth-order valence-electron chi connectivity index (χ4n) is 5.16. The predicted molar refractivity (Wildman–Crippen MR) is 129 cm³/mol. The van der Waals surface area contributed by atoms with Crippen molar-refractivity contribution in [2.45, 2.75) is 44.9 Å². The number of nitrogens with zero attached hydrogens (tertiary/aromatic N) is 3. The Hall–Kier alpha value is -2.11. The molecular formula is C25H28ClN3OS. The van der Waals surface area contributed by atoms with Gasteiger partial charge in [0.25, 0.3) is 0 Å². The van der Waals surface area contributed by atoms with E-state index >= 15 is 0 Å². The van der Waals surface area contributed by atoms with E-state index in [-0.39, 0.29) is 5.41 Å². The van der Waals surface area contributed by atoms with Crippen LogP contribution in [-0.4, -0.2) is 42.0 Å². The van der Waals surface area contributed by atoms with Crippen LogP contribution in [0.3, 0.4) is 0 Å². The number of aryl methyl sites for hydroxylation is 2. The average molecular weight is 454 g/mol. The van der Waals surface area contributed by atoms with Crippen molar-refractivity contribution in [3.63, 3.8) is 0 Å². The molecule has 0 spiro atoms. The Balaban J connectivity index is 1.34. The first-order chi connectivity index (χ1) is 15.0. The minimum absolute atomic E-state index is 0.294. The molecule has 0 bridgehead atoms. The average Bonchev–Trinajstić information content (AvgIpc) is 3.46. The van der Waals surface area contributed by atoms with E-state index in [2.05, 4.69) is 35.8 Å². The molecule has 5 rings (SSSR count). The van der Waals surface area contributed by atoms with Crippen LogP contribution in [0.2, 0.25) is 5.02 Å². The molecule has 1 saturated heterocycles. The monoisotopic (exact) mass is 453 g/mol. The minimum Gasteiger partial charge on any atom is -0.345 e. The second-order valence-electron chi connectivity index (χ2n) is 8.95. The predicted octanol–water partition coefficient (Wildman–Crippen LogP) is 5.73. The van der Waals surface area contributed by atoms with E-state index < -0.39 is 0 Å². The molecule has 0 unspecified atom stereocenters. The van der Waals surface area contributed by atoms with Crippen LogP contribution in [0.25, 0.3) is 10.2 Å². The highest BCUT2D eigenvalue weighted by molar-refractivity contribution is 7.22. The van der Waals surface area contributed by atoms with E-state index in [0.29, 0.717) is 5.91 Å². The Morgan fingerprint density at radius 1 is 0.968 bits per heavy atom. The maximum atomic E-state index is 13.7. The van der Waals surface area contributed by atoms with Gasteiger partial charge in [0, 0.05) is 31.2 Å². The van der Waals surface area contributed by atoms with Crippen molar-refractivity contribution in [2.75, 3.05) is 31.1 Å². The molecule has 0 N–H and O–H groups in total. The van der Waals surface area contributed by atoms with Gasteiger partial charge in [-0.2, -0.15) is 0 Å². The SMILES string of the molecule is Cc1ccc(C)c2sc(N3CCN(C(=O)C4(c5ccc(Cl)cc5)CCCC4)CC3)nc12. The van der Waals surface area contributed by atoms with Crippen LogP contribution < -0.4 is 4.90 Å². The first kappa shape index (κ1) is 20.8. The summed E-state index contributed by atoms with van der Waals surface area (Å²) in [5, 5.41) is 1.80. The van der Waals surface area contributed by atoms with E-state index in [4.69, 9.17) is 16.6 Å². The Kier molecular flexibility index (Phi) is 5.43. The molecular weight excluding hydrogens is 426 g/mol. The van der Waals surface area contributed by atoms with Gasteiger partial charge in [0.15, 0.2) is 5.13 Å². The van der Waals surface area contributed by atoms with Crippen LogP contribution >= 0.6 is 22.9 Å². The molecule has 1 aromatic heterocycles. The molecule has 6 heteroatoms. The van der Waals surface area contributed by atoms with E-state index in [1.54, 1.807) is 11.3 Å². The fourth-order valence-corrected chi connectivity index (χ4v) is 6.45. The van der Waals surface area contributed by atoms with Crippen molar-refractivity contribution < 1.29 is 4.79 Å². The van der Waals surface area contributed by atoms with Crippen LogP contribution in [0, 0.1) is 13.8 Å². The van der Waals surface area contributed by atoms with Gasteiger partial charge in [-0.3, -0.25) is 4.79 Å². The Morgan fingerprint density at radius 2 is 1.61 bits per heavy atom. The van der Waals surface area contributed by atoms with Crippen molar-refractivity contribution in [1.82, 2.24) is 9.88 Å². The molecule has 0 radical (unpaired) electrons. The van der Waals surface area contributed by atoms with Crippen LogP contribution in [0.15, 0.2) is 36.4 Å². The summed E-state index contributed by atoms with van der Waals surface area (Å²) in [5.41, 5.74) is 4.37. The third kappa shape index (κ3) is 3.62. The number of amides is 1. The first-order valence-electron chi connectivity index (χ1n) is 11.1.